The van der Waals surface area contributed by atoms with Crippen LogP contribution < -0.4 is 5.32 Å². The van der Waals surface area contributed by atoms with Crippen molar-refractivity contribution < 1.29 is 4.74 Å². The second kappa shape index (κ2) is 9.30. The summed E-state index contributed by atoms with van der Waals surface area (Å²) in [4.78, 5) is 0. The minimum absolute atomic E-state index is 0.318. The van der Waals surface area contributed by atoms with Gasteiger partial charge in [-0.15, -0.1) is 11.6 Å². The van der Waals surface area contributed by atoms with Gasteiger partial charge in [0.15, 0.2) is 0 Å². The first-order valence-corrected chi connectivity index (χ1v) is 5.14. The summed E-state index contributed by atoms with van der Waals surface area (Å²) in [6, 6.07) is 0. The zero-order chi connectivity index (χ0) is 9.23. The number of methoxy groups -OCH3 is 1. The maximum atomic E-state index is 5.55. The lowest BCUT2D eigenvalue weighted by atomic mass is 10.2. The van der Waals surface area contributed by atoms with Crippen LogP contribution in [0.2, 0.25) is 0 Å². The third-order valence-corrected chi connectivity index (χ3v) is 2.09. The molecule has 0 aromatic rings. The fourth-order valence-corrected chi connectivity index (χ4v) is 1.10. The molecular formula is C9H20ClNO. The van der Waals surface area contributed by atoms with E-state index in [1.54, 1.807) is 7.11 Å². The molecule has 0 amide bonds. The molecule has 74 valence electrons. The standard InChI is InChI=1S/C9H20ClNO/c1-9(12-2)8-11-7-5-3-4-6-10/h9,11H,3-8H2,1-2H3. The molecule has 0 rings (SSSR count). The summed E-state index contributed by atoms with van der Waals surface area (Å²) < 4.78 is 5.09. The Labute approximate surface area is 80.6 Å². The van der Waals surface area contributed by atoms with Gasteiger partial charge in [-0.2, -0.15) is 0 Å². The predicted molar refractivity (Wildman–Crippen MR) is 53.9 cm³/mol. The van der Waals surface area contributed by atoms with Crippen molar-refractivity contribution in [2.75, 3.05) is 26.1 Å². The van der Waals surface area contributed by atoms with Crippen LogP contribution in [0.1, 0.15) is 26.2 Å². The molecule has 0 bridgehead atoms. The average molecular weight is 194 g/mol. The summed E-state index contributed by atoms with van der Waals surface area (Å²) in [7, 11) is 1.74. The quantitative estimate of drug-likeness (QED) is 0.471. The molecule has 0 heterocycles. The van der Waals surface area contributed by atoms with E-state index in [1.165, 1.54) is 12.8 Å². The van der Waals surface area contributed by atoms with Crippen molar-refractivity contribution in [3.05, 3.63) is 0 Å². The van der Waals surface area contributed by atoms with Crippen LogP contribution in [0.3, 0.4) is 0 Å². The second-order valence-electron chi connectivity index (χ2n) is 3.00. The Bertz CT molecular complexity index is 90.6. The first-order chi connectivity index (χ1) is 5.81. The molecule has 1 unspecified atom stereocenters. The van der Waals surface area contributed by atoms with Crippen LogP contribution in [0.4, 0.5) is 0 Å². The fraction of sp³-hybridized carbons (Fsp3) is 1.00. The summed E-state index contributed by atoms with van der Waals surface area (Å²) in [6.45, 7) is 4.08. The van der Waals surface area contributed by atoms with Gasteiger partial charge in [0.1, 0.15) is 0 Å². The lowest BCUT2D eigenvalue weighted by Crippen LogP contribution is -2.26. The average Bonchev–Trinajstić information content (AvgIpc) is 2.10. The van der Waals surface area contributed by atoms with Crippen LogP contribution in [0.15, 0.2) is 0 Å². The number of halogens is 1. The van der Waals surface area contributed by atoms with Crippen molar-refractivity contribution in [1.29, 1.82) is 0 Å². The van der Waals surface area contributed by atoms with E-state index in [0.29, 0.717) is 6.10 Å². The molecular weight excluding hydrogens is 174 g/mol. The minimum Gasteiger partial charge on any atom is -0.380 e. The molecule has 0 aliphatic rings. The van der Waals surface area contributed by atoms with E-state index in [2.05, 4.69) is 12.2 Å². The van der Waals surface area contributed by atoms with E-state index in [0.717, 1.165) is 25.4 Å². The monoisotopic (exact) mass is 193 g/mol. The van der Waals surface area contributed by atoms with Crippen molar-refractivity contribution in [3.63, 3.8) is 0 Å². The highest BCUT2D eigenvalue weighted by atomic mass is 35.5. The summed E-state index contributed by atoms with van der Waals surface area (Å²) in [6.07, 6.45) is 3.88. The van der Waals surface area contributed by atoms with E-state index in [-0.39, 0.29) is 0 Å². The Morgan fingerprint density at radius 1 is 1.33 bits per heavy atom. The number of alkyl halides is 1. The van der Waals surface area contributed by atoms with E-state index >= 15 is 0 Å². The van der Waals surface area contributed by atoms with Gasteiger partial charge in [0, 0.05) is 19.5 Å². The molecule has 0 radical (unpaired) electrons. The van der Waals surface area contributed by atoms with Crippen LogP contribution in [0.5, 0.6) is 0 Å². The SMILES string of the molecule is COC(C)CNCCCCCCl. The van der Waals surface area contributed by atoms with Crippen LogP contribution in [-0.2, 0) is 4.74 Å². The number of ether oxygens (including phenoxy) is 1. The maximum absolute atomic E-state index is 5.55. The first kappa shape index (κ1) is 12.2. The maximum Gasteiger partial charge on any atom is 0.0667 e. The zero-order valence-electron chi connectivity index (χ0n) is 8.11. The highest BCUT2D eigenvalue weighted by Gasteiger charge is 1.96. The molecule has 3 heteroatoms. The fourth-order valence-electron chi connectivity index (χ4n) is 0.910. The molecule has 12 heavy (non-hydrogen) atoms. The lowest BCUT2D eigenvalue weighted by Gasteiger charge is -2.09. The molecule has 0 aliphatic heterocycles. The minimum atomic E-state index is 0.318. The van der Waals surface area contributed by atoms with Crippen molar-refractivity contribution >= 4 is 11.6 Å². The van der Waals surface area contributed by atoms with Crippen molar-refractivity contribution in [2.24, 2.45) is 0 Å². The van der Waals surface area contributed by atoms with Gasteiger partial charge in [0.25, 0.3) is 0 Å². The molecule has 0 spiro atoms. The molecule has 0 saturated heterocycles. The highest BCUT2D eigenvalue weighted by Crippen LogP contribution is 1.95. The van der Waals surface area contributed by atoms with Crippen LogP contribution in [0, 0.1) is 0 Å². The lowest BCUT2D eigenvalue weighted by molar-refractivity contribution is 0.117. The summed E-state index contributed by atoms with van der Waals surface area (Å²) in [5.41, 5.74) is 0. The van der Waals surface area contributed by atoms with Crippen molar-refractivity contribution in [3.8, 4) is 0 Å². The summed E-state index contributed by atoms with van der Waals surface area (Å²) >= 11 is 5.55. The number of rotatable bonds is 8. The molecule has 0 aliphatic carbocycles. The van der Waals surface area contributed by atoms with Crippen molar-refractivity contribution in [1.82, 2.24) is 5.32 Å². The topological polar surface area (TPSA) is 21.3 Å². The largest absolute Gasteiger partial charge is 0.380 e. The van der Waals surface area contributed by atoms with Gasteiger partial charge in [0.05, 0.1) is 6.10 Å². The summed E-state index contributed by atoms with van der Waals surface area (Å²) in [5.74, 6) is 0.786. The highest BCUT2D eigenvalue weighted by molar-refractivity contribution is 6.17. The van der Waals surface area contributed by atoms with Gasteiger partial charge >= 0.3 is 0 Å². The summed E-state index contributed by atoms with van der Waals surface area (Å²) in [5, 5.41) is 3.33. The van der Waals surface area contributed by atoms with Gasteiger partial charge < -0.3 is 10.1 Å². The second-order valence-corrected chi connectivity index (χ2v) is 3.38. The van der Waals surface area contributed by atoms with E-state index in [9.17, 15) is 0 Å². The van der Waals surface area contributed by atoms with Crippen LogP contribution in [0.25, 0.3) is 0 Å². The Morgan fingerprint density at radius 3 is 2.67 bits per heavy atom. The van der Waals surface area contributed by atoms with Gasteiger partial charge in [0.2, 0.25) is 0 Å². The Hall–Kier alpha value is 0.210. The number of hydrogen-bond donors (Lipinski definition) is 1. The Balaban J connectivity index is 2.90. The van der Waals surface area contributed by atoms with Gasteiger partial charge in [-0.3, -0.25) is 0 Å². The number of hydrogen-bond acceptors (Lipinski definition) is 2. The third kappa shape index (κ3) is 8.31. The molecule has 0 saturated carbocycles. The smallest absolute Gasteiger partial charge is 0.0667 e. The van der Waals surface area contributed by atoms with E-state index in [1.807, 2.05) is 0 Å². The number of nitrogens with one attached hydrogen (secondary N) is 1. The van der Waals surface area contributed by atoms with Crippen LogP contribution >= 0.6 is 11.6 Å². The number of unbranched alkanes of at least 4 members (excludes halogenated alkanes) is 2. The Morgan fingerprint density at radius 2 is 2.08 bits per heavy atom. The van der Waals surface area contributed by atoms with E-state index in [4.69, 9.17) is 16.3 Å². The third-order valence-electron chi connectivity index (χ3n) is 1.82. The molecule has 0 aromatic heterocycles. The molecule has 0 aromatic carbocycles. The predicted octanol–water partition coefficient (Wildman–Crippen LogP) is 2.02. The van der Waals surface area contributed by atoms with E-state index < -0.39 is 0 Å². The molecule has 1 atom stereocenters. The Kier molecular flexibility index (Phi) is 9.46. The van der Waals surface area contributed by atoms with Gasteiger partial charge in [-0.1, -0.05) is 6.42 Å². The zero-order valence-corrected chi connectivity index (χ0v) is 8.86. The molecule has 1 N–H and O–H groups in total. The molecule has 0 fully saturated rings. The van der Waals surface area contributed by atoms with Crippen LogP contribution in [-0.4, -0.2) is 32.2 Å². The first-order valence-electron chi connectivity index (χ1n) is 4.60. The van der Waals surface area contributed by atoms with Gasteiger partial charge in [-0.05, 0) is 26.3 Å². The normalized spacial score (nSPS) is 13.2. The van der Waals surface area contributed by atoms with Gasteiger partial charge in [-0.25, -0.2) is 0 Å². The van der Waals surface area contributed by atoms with Crippen molar-refractivity contribution in [2.45, 2.75) is 32.3 Å². The molecule has 2 nitrogen and oxygen atoms in total.